The second kappa shape index (κ2) is 7.67. The number of carbonyl (C=O) groups is 2. The van der Waals surface area contributed by atoms with E-state index in [-0.39, 0.29) is 43.0 Å². The standard InChI is InChI=1S/C24H28N4O6/c1-27(33)11-7-25(8-12-27)15-3-4-16(26-9-13-28(2,34)14-10-26)20-19(15)23(31)21-17(29)5-6-18(30)22(21)24(20)32/h3-6,33-34H,7-14H2,1-2H3/p+2. The normalized spacial score (nSPS) is 21.3. The first kappa shape index (κ1) is 22.6. The van der Waals surface area contributed by atoms with Gasteiger partial charge in [-0.05, 0) is 24.3 Å². The van der Waals surface area contributed by atoms with Crippen molar-refractivity contribution in [2.75, 3.05) is 76.3 Å². The fourth-order valence-corrected chi connectivity index (χ4v) is 5.13. The molecule has 10 nitrogen and oxygen atoms in total. The SMILES string of the molecule is C[N+]1(O)CCN(c2ccc(N3CC[N+](C)(O)CC3)c3c2C(=O)c2c(O)ccc(O)c2C3=O)CC1. The summed E-state index contributed by atoms with van der Waals surface area (Å²) in [5.41, 5.74) is 1.19. The zero-order valence-electron chi connectivity index (χ0n) is 19.4. The molecular formula is C24H30N4O6+2. The van der Waals surface area contributed by atoms with Crippen LogP contribution in [-0.4, -0.2) is 108 Å². The first-order valence-electron chi connectivity index (χ1n) is 11.4. The molecule has 1 aliphatic carbocycles. The second-order valence-corrected chi connectivity index (χ2v) is 9.91. The average molecular weight is 471 g/mol. The smallest absolute Gasteiger partial charge is 0.200 e. The van der Waals surface area contributed by atoms with Crippen LogP contribution in [0.25, 0.3) is 0 Å². The molecule has 3 aliphatic rings. The quantitative estimate of drug-likeness (QED) is 0.326. The second-order valence-electron chi connectivity index (χ2n) is 9.91. The monoisotopic (exact) mass is 470 g/mol. The summed E-state index contributed by atoms with van der Waals surface area (Å²) < 4.78 is -0.236. The summed E-state index contributed by atoms with van der Waals surface area (Å²) in [6, 6.07) is 6.07. The molecule has 2 aromatic rings. The summed E-state index contributed by atoms with van der Waals surface area (Å²) in [6.07, 6.45) is 0. The lowest BCUT2D eigenvalue weighted by atomic mass is 9.80. The fourth-order valence-electron chi connectivity index (χ4n) is 5.13. The number of anilines is 2. The van der Waals surface area contributed by atoms with E-state index in [4.69, 9.17) is 0 Å². The maximum atomic E-state index is 13.8. The molecule has 2 aromatic carbocycles. The van der Waals surface area contributed by atoms with Crippen LogP contribution in [0.1, 0.15) is 31.8 Å². The number of ketones is 2. The minimum Gasteiger partial charge on any atom is -0.507 e. The molecule has 0 saturated carbocycles. The third kappa shape index (κ3) is 3.59. The van der Waals surface area contributed by atoms with Crippen LogP contribution in [0, 0.1) is 0 Å². The summed E-state index contributed by atoms with van der Waals surface area (Å²) in [4.78, 5) is 31.5. The molecule has 180 valence electrons. The summed E-state index contributed by atoms with van der Waals surface area (Å²) in [6.45, 7) is 3.79. The highest BCUT2D eigenvalue weighted by Gasteiger charge is 2.41. The molecule has 2 fully saturated rings. The van der Waals surface area contributed by atoms with Gasteiger partial charge in [-0.3, -0.25) is 9.59 Å². The third-order valence-corrected chi connectivity index (χ3v) is 7.32. The van der Waals surface area contributed by atoms with Gasteiger partial charge in [-0.25, -0.2) is 10.4 Å². The molecule has 0 atom stereocenters. The van der Waals surface area contributed by atoms with E-state index in [0.717, 1.165) is 0 Å². The number of quaternary nitrogens is 2. The van der Waals surface area contributed by atoms with Gasteiger partial charge in [0.05, 0.1) is 62.5 Å². The molecule has 0 unspecified atom stereocenters. The Balaban J connectivity index is 1.67. The van der Waals surface area contributed by atoms with Crippen molar-refractivity contribution < 1.29 is 39.5 Å². The van der Waals surface area contributed by atoms with Crippen LogP contribution in [0.2, 0.25) is 0 Å². The van der Waals surface area contributed by atoms with Gasteiger partial charge in [0.2, 0.25) is 11.6 Å². The number of benzene rings is 2. The van der Waals surface area contributed by atoms with Crippen LogP contribution in [0.4, 0.5) is 11.4 Å². The van der Waals surface area contributed by atoms with Crippen molar-refractivity contribution >= 4 is 22.9 Å². The zero-order valence-corrected chi connectivity index (χ0v) is 19.4. The van der Waals surface area contributed by atoms with Crippen LogP contribution < -0.4 is 9.80 Å². The molecule has 10 heteroatoms. The van der Waals surface area contributed by atoms with Crippen molar-refractivity contribution in [3.63, 3.8) is 0 Å². The summed E-state index contributed by atoms with van der Waals surface area (Å²) in [7, 11) is 3.46. The van der Waals surface area contributed by atoms with E-state index < -0.39 is 11.6 Å². The van der Waals surface area contributed by atoms with Crippen LogP contribution in [-0.2, 0) is 0 Å². The molecule has 0 spiro atoms. The Kier molecular flexibility index (Phi) is 5.10. The van der Waals surface area contributed by atoms with Crippen molar-refractivity contribution in [1.82, 2.24) is 0 Å². The number of likely N-dealkylation sites (N-methyl/N-ethyl adjacent to an activating group) is 2. The zero-order chi connectivity index (χ0) is 24.4. The molecule has 2 aliphatic heterocycles. The minimum atomic E-state index is -0.513. The first-order valence-corrected chi connectivity index (χ1v) is 11.4. The third-order valence-electron chi connectivity index (χ3n) is 7.32. The number of hydroxylamine groups is 6. The number of phenolic OH excluding ortho intramolecular Hbond substituents is 2. The molecular weight excluding hydrogens is 440 g/mol. The molecule has 4 N–H and O–H groups in total. The van der Waals surface area contributed by atoms with Gasteiger partial charge in [-0.1, -0.05) is 0 Å². The van der Waals surface area contributed by atoms with Crippen molar-refractivity contribution in [2.24, 2.45) is 0 Å². The maximum Gasteiger partial charge on any atom is 0.200 e. The fraction of sp³-hybridized carbons (Fsp3) is 0.417. The molecule has 5 rings (SSSR count). The van der Waals surface area contributed by atoms with Gasteiger partial charge in [-0.2, -0.15) is 9.29 Å². The predicted octanol–water partition coefficient (Wildman–Crippen LogP) is 1.18. The summed E-state index contributed by atoms with van der Waals surface area (Å²) in [5.74, 6) is -1.72. The number of piperazine rings is 2. The average Bonchev–Trinajstić information content (AvgIpc) is 2.78. The van der Waals surface area contributed by atoms with Gasteiger partial charge in [-0.15, -0.1) is 0 Å². The van der Waals surface area contributed by atoms with Gasteiger partial charge >= 0.3 is 0 Å². The van der Waals surface area contributed by atoms with Gasteiger partial charge in [0.15, 0.2) is 0 Å². The van der Waals surface area contributed by atoms with Crippen LogP contribution in [0.15, 0.2) is 24.3 Å². The molecule has 0 aromatic heterocycles. The van der Waals surface area contributed by atoms with Gasteiger partial charge < -0.3 is 20.0 Å². The molecule has 34 heavy (non-hydrogen) atoms. The summed E-state index contributed by atoms with van der Waals surface area (Å²) >= 11 is 0. The Labute approximate surface area is 197 Å². The van der Waals surface area contributed by atoms with Crippen LogP contribution in [0.3, 0.4) is 0 Å². The Hall–Kier alpha value is -3.18. The number of aromatic hydroxyl groups is 2. The maximum absolute atomic E-state index is 13.8. The summed E-state index contributed by atoms with van der Waals surface area (Å²) in [5, 5.41) is 41.6. The van der Waals surface area contributed by atoms with E-state index >= 15 is 0 Å². The molecule has 0 radical (unpaired) electrons. The Morgan fingerprint density at radius 3 is 1.26 bits per heavy atom. The van der Waals surface area contributed by atoms with E-state index in [0.29, 0.717) is 63.7 Å². The Morgan fingerprint density at radius 2 is 0.941 bits per heavy atom. The Bertz CT molecular complexity index is 1100. The highest BCUT2D eigenvalue weighted by Crippen LogP contribution is 2.44. The molecule has 0 bridgehead atoms. The topological polar surface area (TPSA) is 122 Å². The number of carbonyl (C=O) groups excluding carboxylic acids is 2. The van der Waals surface area contributed by atoms with Crippen molar-refractivity contribution in [3.8, 4) is 11.5 Å². The van der Waals surface area contributed by atoms with E-state index in [1.54, 1.807) is 14.1 Å². The van der Waals surface area contributed by atoms with Crippen molar-refractivity contribution in [1.29, 1.82) is 0 Å². The number of hydrogen-bond acceptors (Lipinski definition) is 8. The highest BCUT2D eigenvalue weighted by molar-refractivity contribution is 6.33. The lowest BCUT2D eigenvalue weighted by Gasteiger charge is -2.40. The number of phenols is 2. The van der Waals surface area contributed by atoms with Gasteiger partial charge in [0.1, 0.15) is 37.7 Å². The lowest BCUT2D eigenvalue weighted by molar-refractivity contribution is -1.09. The number of nitrogens with zero attached hydrogens (tertiary/aromatic N) is 4. The minimum absolute atomic E-state index is 0.118. The molecule has 0 amide bonds. The van der Waals surface area contributed by atoms with Crippen molar-refractivity contribution in [2.45, 2.75) is 0 Å². The van der Waals surface area contributed by atoms with E-state index in [1.165, 1.54) is 12.1 Å². The molecule has 2 heterocycles. The largest absolute Gasteiger partial charge is 0.507 e. The Morgan fingerprint density at radius 1 is 0.618 bits per heavy atom. The predicted molar refractivity (Wildman–Crippen MR) is 123 cm³/mol. The van der Waals surface area contributed by atoms with Gasteiger partial charge in [0, 0.05) is 11.4 Å². The first-order chi connectivity index (χ1) is 16.0. The van der Waals surface area contributed by atoms with E-state index in [2.05, 4.69) is 0 Å². The number of hydrogen-bond donors (Lipinski definition) is 4. The van der Waals surface area contributed by atoms with Gasteiger partial charge in [0.25, 0.3) is 0 Å². The highest BCUT2D eigenvalue weighted by atomic mass is 16.5. The van der Waals surface area contributed by atoms with E-state index in [9.17, 15) is 30.2 Å². The van der Waals surface area contributed by atoms with Crippen LogP contribution in [0.5, 0.6) is 11.5 Å². The molecule has 2 saturated heterocycles. The van der Waals surface area contributed by atoms with Crippen molar-refractivity contribution in [3.05, 3.63) is 46.5 Å². The lowest BCUT2D eigenvalue weighted by Crippen LogP contribution is -2.56. The van der Waals surface area contributed by atoms with Crippen LogP contribution >= 0.6 is 0 Å². The van der Waals surface area contributed by atoms with E-state index in [1.807, 2.05) is 21.9 Å². The number of rotatable bonds is 2. The number of fused-ring (bicyclic) bond motifs is 2.